The maximum atomic E-state index is 6.23. The van der Waals surface area contributed by atoms with Crippen LogP contribution in [0.4, 0.5) is 0 Å². The number of thiophene rings is 1. The molecular weight excluding hydrogens is 534 g/mol. The lowest BCUT2D eigenvalue weighted by Crippen LogP contribution is -1.92. The standard InChI is InChI=1S/C15H8Br2ClIS/c16-11-3-1-2-9-10(7-20-15(9)11)14(17)8-4-5-13(19)12(18)6-8/h1-7,14H. The summed E-state index contributed by atoms with van der Waals surface area (Å²) in [6.07, 6.45) is 0. The molecule has 3 rings (SSSR count). The highest BCUT2D eigenvalue weighted by Gasteiger charge is 2.16. The summed E-state index contributed by atoms with van der Waals surface area (Å²) in [6, 6.07) is 12.5. The van der Waals surface area contributed by atoms with Crippen LogP contribution < -0.4 is 0 Å². The van der Waals surface area contributed by atoms with Gasteiger partial charge in [0.15, 0.2) is 0 Å². The van der Waals surface area contributed by atoms with Crippen LogP contribution >= 0.6 is 77.4 Å². The van der Waals surface area contributed by atoms with Gasteiger partial charge in [0.2, 0.25) is 0 Å². The molecule has 0 saturated carbocycles. The number of hydrogen-bond donors (Lipinski definition) is 0. The van der Waals surface area contributed by atoms with E-state index >= 15 is 0 Å². The number of fused-ring (bicyclic) bond motifs is 1. The molecule has 1 aromatic heterocycles. The van der Waals surface area contributed by atoms with Gasteiger partial charge < -0.3 is 0 Å². The first-order valence-corrected chi connectivity index (χ1v) is 9.87. The predicted molar refractivity (Wildman–Crippen MR) is 104 cm³/mol. The van der Waals surface area contributed by atoms with Crippen molar-refractivity contribution in [2.75, 3.05) is 0 Å². The summed E-state index contributed by atoms with van der Waals surface area (Å²) in [5.74, 6) is 0. The lowest BCUT2D eigenvalue weighted by atomic mass is 10.0. The fourth-order valence-electron chi connectivity index (χ4n) is 2.09. The first kappa shape index (κ1) is 15.3. The lowest BCUT2D eigenvalue weighted by Gasteiger charge is -2.11. The molecule has 2 aromatic carbocycles. The summed E-state index contributed by atoms with van der Waals surface area (Å²) in [4.78, 5) is 0.153. The number of rotatable bonds is 2. The number of benzene rings is 2. The van der Waals surface area contributed by atoms with Crippen molar-refractivity contribution in [3.05, 3.63) is 66.0 Å². The van der Waals surface area contributed by atoms with Gasteiger partial charge in [-0.3, -0.25) is 0 Å². The molecule has 0 saturated heterocycles. The van der Waals surface area contributed by atoms with E-state index in [0.717, 1.165) is 13.1 Å². The zero-order chi connectivity index (χ0) is 14.3. The normalized spacial score (nSPS) is 12.8. The molecule has 0 nitrogen and oxygen atoms in total. The van der Waals surface area contributed by atoms with Crippen molar-refractivity contribution in [3.63, 3.8) is 0 Å². The Morgan fingerprint density at radius 1 is 1.20 bits per heavy atom. The van der Waals surface area contributed by atoms with Crippen molar-refractivity contribution in [2.45, 2.75) is 4.83 Å². The highest BCUT2D eigenvalue weighted by Crippen LogP contribution is 2.41. The zero-order valence-electron chi connectivity index (χ0n) is 10.0. The second-order valence-electron chi connectivity index (χ2n) is 4.34. The Kier molecular flexibility index (Phi) is 4.77. The van der Waals surface area contributed by atoms with Crippen molar-refractivity contribution in [2.24, 2.45) is 0 Å². The van der Waals surface area contributed by atoms with Crippen LogP contribution in [0, 0.1) is 3.57 Å². The molecule has 0 bridgehead atoms. The van der Waals surface area contributed by atoms with Crippen LogP contribution in [0.2, 0.25) is 5.02 Å². The minimum Gasteiger partial charge on any atom is -0.142 e. The predicted octanol–water partition coefficient (Wildman–Crippen LogP) is 7.41. The molecule has 0 fully saturated rings. The van der Waals surface area contributed by atoms with Crippen LogP contribution in [0.3, 0.4) is 0 Å². The van der Waals surface area contributed by atoms with E-state index in [0.29, 0.717) is 0 Å². The lowest BCUT2D eigenvalue weighted by molar-refractivity contribution is 1.21. The largest absolute Gasteiger partial charge is 0.142 e. The molecular formula is C15H8Br2ClIS. The van der Waals surface area contributed by atoms with Crippen LogP contribution in [0.5, 0.6) is 0 Å². The molecule has 5 heteroatoms. The van der Waals surface area contributed by atoms with Crippen molar-refractivity contribution in [3.8, 4) is 0 Å². The van der Waals surface area contributed by atoms with Crippen LogP contribution in [-0.4, -0.2) is 0 Å². The summed E-state index contributed by atoms with van der Waals surface area (Å²) in [7, 11) is 0. The van der Waals surface area contributed by atoms with Gasteiger partial charge in [-0.05, 0) is 78.6 Å². The topological polar surface area (TPSA) is 0 Å². The van der Waals surface area contributed by atoms with Gasteiger partial charge in [-0.1, -0.05) is 45.7 Å². The molecule has 3 aromatic rings. The van der Waals surface area contributed by atoms with Gasteiger partial charge in [0.05, 0.1) is 9.85 Å². The van der Waals surface area contributed by atoms with Crippen molar-refractivity contribution < 1.29 is 0 Å². The van der Waals surface area contributed by atoms with Crippen LogP contribution in [-0.2, 0) is 0 Å². The Morgan fingerprint density at radius 3 is 2.75 bits per heavy atom. The van der Waals surface area contributed by atoms with Gasteiger partial charge in [0.1, 0.15) is 0 Å². The van der Waals surface area contributed by atoms with Gasteiger partial charge in [-0.2, -0.15) is 0 Å². The molecule has 0 spiro atoms. The van der Waals surface area contributed by atoms with Crippen molar-refractivity contribution >= 4 is 87.5 Å². The number of hydrogen-bond acceptors (Lipinski definition) is 1. The van der Waals surface area contributed by atoms with Gasteiger partial charge in [-0.25, -0.2) is 0 Å². The van der Waals surface area contributed by atoms with Crippen molar-refractivity contribution in [1.29, 1.82) is 0 Å². The van der Waals surface area contributed by atoms with Crippen molar-refractivity contribution in [1.82, 2.24) is 0 Å². The van der Waals surface area contributed by atoms with Gasteiger partial charge in [0.25, 0.3) is 0 Å². The Balaban J connectivity index is 2.10. The number of halogens is 4. The monoisotopic (exact) mass is 540 g/mol. The van der Waals surface area contributed by atoms with E-state index in [4.69, 9.17) is 11.6 Å². The third-order valence-electron chi connectivity index (χ3n) is 3.09. The summed E-state index contributed by atoms with van der Waals surface area (Å²) in [5.41, 5.74) is 2.46. The molecule has 1 atom stereocenters. The summed E-state index contributed by atoms with van der Waals surface area (Å²) < 4.78 is 3.50. The van der Waals surface area contributed by atoms with E-state index in [1.807, 2.05) is 6.07 Å². The quantitative estimate of drug-likeness (QED) is 0.234. The Hall–Kier alpha value is 0.380. The third-order valence-corrected chi connectivity index (χ3v) is 7.66. The van der Waals surface area contributed by atoms with E-state index in [1.165, 1.54) is 21.2 Å². The third kappa shape index (κ3) is 2.82. The highest BCUT2D eigenvalue weighted by molar-refractivity contribution is 14.1. The fraction of sp³-hybridized carbons (Fsp3) is 0.0667. The molecule has 0 aliphatic carbocycles. The summed E-state index contributed by atoms with van der Waals surface area (Å²) in [6.45, 7) is 0. The van der Waals surface area contributed by atoms with Crippen LogP contribution in [0.25, 0.3) is 10.1 Å². The minimum absolute atomic E-state index is 0.153. The van der Waals surface area contributed by atoms with E-state index < -0.39 is 0 Å². The summed E-state index contributed by atoms with van der Waals surface area (Å²) >= 11 is 17.7. The molecule has 20 heavy (non-hydrogen) atoms. The van der Waals surface area contributed by atoms with Crippen LogP contribution in [0.15, 0.2) is 46.3 Å². The smallest absolute Gasteiger partial charge is 0.0659 e. The highest BCUT2D eigenvalue weighted by atomic mass is 127. The first-order valence-electron chi connectivity index (χ1n) is 5.82. The molecule has 0 radical (unpaired) electrons. The van der Waals surface area contributed by atoms with Gasteiger partial charge in [0, 0.05) is 12.7 Å². The molecule has 0 N–H and O–H groups in total. The Morgan fingerprint density at radius 2 is 2.00 bits per heavy atom. The average molecular weight is 542 g/mol. The average Bonchev–Trinajstić information content (AvgIpc) is 2.86. The number of alkyl halides is 1. The SMILES string of the molecule is Clc1cc(C(Br)c2csc3c(Br)cccc23)ccc1I. The minimum atomic E-state index is 0.153. The van der Waals surface area contributed by atoms with E-state index in [9.17, 15) is 0 Å². The molecule has 0 amide bonds. The molecule has 102 valence electrons. The maximum absolute atomic E-state index is 6.23. The molecule has 0 aliphatic heterocycles. The molecule has 0 aliphatic rings. The second-order valence-corrected chi connectivity index (χ2v) is 8.56. The van der Waals surface area contributed by atoms with E-state index in [2.05, 4.69) is 90.2 Å². The Bertz CT molecular complexity index is 785. The second kappa shape index (κ2) is 6.24. The molecule has 1 heterocycles. The Labute approximate surface area is 156 Å². The van der Waals surface area contributed by atoms with E-state index in [-0.39, 0.29) is 4.83 Å². The first-order chi connectivity index (χ1) is 9.58. The van der Waals surface area contributed by atoms with Crippen LogP contribution in [0.1, 0.15) is 16.0 Å². The zero-order valence-corrected chi connectivity index (χ0v) is 16.9. The van der Waals surface area contributed by atoms with Gasteiger partial charge >= 0.3 is 0 Å². The molecule has 1 unspecified atom stereocenters. The maximum Gasteiger partial charge on any atom is 0.0659 e. The fourth-order valence-corrected chi connectivity index (χ4v) is 5.10. The summed E-state index contributed by atoms with van der Waals surface area (Å²) in [5, 5.41) is 4.29. The van der Waals surface area contributed by atoms with Gasteiger partial charge in [-0.15, -0.1) is 11.3 Å². The van der Waals surface area contributed by atoms with E-state index in [1.54, 1.807) is 11.3 Å².